The Hall–Kier alpha value is -1.74. The van der Waals surface area contributed by atoms with Crippen LogP contribution in [-0.4, -0.2) is 22.9 Å². The van der Waals surface area contributed by atoms with Crippen molar-refractivity contribution in [2.45, 2.75) is 44.2 Å². The lowest BCUT2D eigenvalue weighted by molar-refractivity contribution is 0.0950. The van der Waals surface area contributed by atoms with Gasteiger partial charge in [0.05, 0.1) is 11.6 Å². The molecule has 3 unspecified atom stereocenters. The zero-order valence-corrected chi connectivity index (χ0v) is 12.1. The molecule has 2 aromatic rings. The van der Waals surface area contributed by atoms with Crippen molar-refractivity contribution in [1.82, 2.24) is 10.3 Å². The number of nitrogens with zero attached hydrogens (tertiary/aromatic N) is 1. The van der Waals surface area contributed by atoms with Crippen LogP contribution >= 0.6 is 0 Å². The molecular formula is C18H20N2O. The minimum atomic E-state index is -0.0225. The topological polar surface area (TPSA) is 42.0 Å². The fourth-order valence-electron chi connectivity index (χ4n) is 4.01. The Morgan fingerprint density at radius 1 is 1.14 bits per heavy atom. The van der Waals surface area contributed by atoms with Gasteiger partial charge in [0.2, 0.25) is 0 Å². The SMILES string of the molecule is O=C(c1cccc2cccnc12)C1CC2CCCCC2N1. The highest BCUT2D eigenvalue weighted by Gasteiger charge is 2.38. The van der Waals surface area contributed by atoms with Gasteiger partial charge >= 0.3 is 0 Å². The van der Waals surface area contributed by atoms with Gasteiger partial charge in [0.25, 0.3) is 0 Å². The van der Waals surface area contributed by atoms with E-state index in [0.29, 0.717) is 12.0 Å². The molecule has 0 radical (unpaired) electrons. The molecule has 1 aromatic heterocycles. The number of aromatic nitrogens is 1. The van der Waals surface area contributed by atoms with Crippen molar-refractivity contribution in [3.05, 3.63) is 42.1 Å². The lowest BCUT2D eigenvalue weighted by Crippen LogP contribution is -2.37. The Morgan fingerprint density at radius 2 is 2.00 bits per heavy atom. The van der Waals surface area contributed by atoms with Crippen LogP contribution in [0.3, 0.4) is 0 Å². The van der Waals surface area contributed by atoms with Crippen molar-refractivity contribution < 1.29 is 4.79 Å². The fraction of sp³-hybridized carbons (Fsp3) is 0.444. The molecule has 1 aliphatic carbocycles. The third kappa shape index (κ3) is 2.26. The van der Waals surface area contributed by atoms with Gasteiger partial charge in [-0.05, 0) is 37.3 Å². The third-order valence-electron chi connectivity index (χ3n) is 5.08. The highest BCUT2D eigenvalue weighted by atomic mass is 16.1. The van der Waals surface area contributed by atoms with Crippen molar-refractivity contribution in [1.29, 1.82) is 0 Å². The standard InChI is InChI=1S/C18H20N2O/c21-18(16-11-13-5-1-2-9-15(13)20-16)14-8-3-6-12-7-4-10-19-17(12)14/h3-4,6-8,10,13,15-16,20H,1-2,5,9,11H2. The average Bonchev–Trinajstić information content (AvgIpc) is 2.97. The van der Waals surface area contributed by atoms with Crippen LogP contribution < -0.4 is 5.32 Å². The lowest BCUT2D eigenvalue weighted by Gasteiger charge is -2.24. The van der Waals surface area contributed by atoms with Gasteiger partial charge in [-0.25, -0.2) is 0 Å². The van der Waals surface area contributed by atoms with E-state index in [1.165, 1.54) is 25.7 Å². The molecule has 108 valence electrons. The fourth-order valence-corrected chi connectivity index (χ4v) is 4.01. The van der Waals surface area contributed by atoms with E-state index < -0.39 is 0 Å². The number of nitrogens with one attached hydrogen (secondary N) is 1. The number of ketones is 1. The molecule has 0 spiro atoms. The molecule has 1 saturated heterocycles. The second kappa shape index (κ2) is 5.23. The van der Waals surface area contributed by atoms with Crippen LogP contribution in [0.15, 0.2) is 36.5 Å². The van der Waals surface area contributed by atoms with Crippen LogP contribution in [0.25, 0.3) is 10.9 Å². The van der Waals surface area contributed by atoms with Gasteiger partial charge in [-0.3, -0.25) is 9.78 Å². The van der Waals surface area contributed by atoms with E-state index >= 15 is 0 Å². The summed E-state index contributed by atoms with van der Waals surface area (Å²) in [7, 11) is 0. The first-order valence-corrected chi connectivity index (χ1v) is 7.97. The molecule has 1 aliphatic heterocycles. The van der Waals surface area contributed by atoms with Crippen LogP contribution in [0.4, 0.5) is 0 Å². The molecule has 2 heterocycles. The summed E-state index contributed by atoms with van der Waals surface area (Å²) >= 11 is 0. The number of para-hydroxylation sites is 1. The molecule has 2 aliphatic rings. The molecule has 3 atom stereocenters. The predicted molar refractivity (Wildman–Crippen MR) is 83.4 cm³/mol. The van der Waals surface area contributed by atoms with Gasteiger partial charge < -0.3 is 5.32 Å². The number of carbonyl (C=O) groups is 1. The molecular weight excluding hydrogens is 260 g/mol. The molecule has 1 saturated carbocycles. The molecule has 3 heteroatoms. The maximum atomic E-state index is 12.9. The summed E-state index contributed by atoms with van der Waals surface area (Å²) in [5, 5.41) is 4.62. The minimum absolute atomic E-state index is 0.0225. The monoisotopic (exact) mass is 280 g/mol. The van der Waals surface area contributed by atoms with E-state index in [-0.39, 0.29) is 11.8 Å². The first-order chi connectivity index (χ1) is 10.3. The number of benzene rings is 1. The Balaban J connectivity index is 1.65. The molecule has 4 rings (SSSR count). The predicted octanol–water partition coefficient (Wildman–Crippen LogP) is 3.34. The van der Waals surface area contributed by atoms with Gasteiger partial charge in [0.1, 0.15) is 0 Å². The van der Waals surface area contributed by atoms with Crippen molar-refractivity contribution in [2.75, 3.05) is 0 Å². The summed E-state index contributed by atoms with van der Waals surface area (Å²) in [6.45, 7) is 0. The quantitative estimate of drug-likeness (QED) is 0.858. The Kier molecular flexibility index (Phi) is 3.23. The van der Waals surface area contributed by atoms with E-state index in [9.17, 15) is 4.79 Å². The molecule has 0 amide bonds. The molecule has 1 aromatic carbocycles. The first-order valence-electron chi connectivity index (χ1n) is 7.97. The highest BCUT2D eigenvalue weighted by Crippen LogP contribution is 2.34. The summed E-state index contributed by atoms with van der Waals surface area (Å²) in [5.74, 6) is 0.907. The van der Waals surface area contributed by atoms with E-state index in [2.05, 4.69) is 10.3 Å². The molecule has 3 nitrogen and oxygen atoms in total. The van der Waals surface area contributed by atoms with Gasteiger partial charge in [0, 0.05) is 23.2 Å². The zero-order chi connectivity index (χ0) is 14.2. The number of hydrogen-bond acceptors (Lipinski definition) is 3. The highest BCUT2D eigenvalue weighted by molar-refractivity contribution is 6.09. The molecule has 21 heavy (non-hydrogen) atoms. The molecule has 0 bridgehead atoms. The molecule has 1 N–H and O–H groups in total. The largest absolute Gasteiger partial charge is 0.304 e. The smallest absolute Gasteiger partial charge is 0.181 e. The van der Waals surface area contributed by atoms with Gasteiger partial charge in [0.15, 0.2) is 5.78 Å². The third-order valence-corrected chi connectivity index (χ3v) is 5.08. The van der Waals surface area contributed by atoms with Crippen molar-refractivity contribution in [3.8, 4) is 0 Å². The van der Waals surface area contributed by atoms with Crippen LogP contribution in [-0.2, 0) is 0 Å². The summed E-state index contributed by atoms with van der Waals surface area (Å²) in [6, 6.07) is 10.3. The second-order valence-corrected chi connectivity index (χ2v) is 6.35. The maximum Gasteiger partial charge on any atom is 0.181 e. The summed E-state index contributed by atoms with van der Waals surface area (Å²) in [4.78, 5) is 17.3. The van der Waals surface area contributed by atoms with E-state index in [0.717, 1.165) is 22.9 Å². The van der Waals surface area contributed by atoms with Gasteiger partial charge in [-0.2, -0.15) is 0 Å². The number of pyridine rings is 1. The van der Waals surface area contributed by atoms with Crippen LogP contribution in [0.2, 0.25) is 0 Å². The van der Waals surface area contributed by atoms with Crippen molar-refractivity contribution >= 4 is 16.7 Å². The van der Waals surface area contributed by atoms with Crippen molar-refractivity contribution in [3.63, 3.8) is 0 Å². The number of rotatable bonds is 2. The normalized spacial score (nSPS) is 28.5. The van der Waals surface area contributed by atoms with E-state index in [1.807, 2.05) is 30.3 Å². The van der Waals surface area contributed by atoms with Gasteiger partial charge in [-0.1, -0.05) is 31.0 Å². The Bertz CT molecular complexity index is 662. The number of hydrogen-bond donors (Lipinski definition) is 1. The maximum absolute atomic E-state index is 12.9. The van der Waals surface area contributed by atoms with E-state index in [1.54, 1.807) is 6.20 Å². The minimum Gasteiger partial charge on any atom is -0.304 e. The number of carbonyl (C=O) groups excluding carboxylic acids is 1. The molecule has 2 fully saturated rings. The second-order valence-electron chi connectivity index (χ2n) is 6.35. The van der Waals surface area contributed by atoms with Crippen LogP contribution in [0, 0.1) is 5.92 Å². The van der Waals surface area contributed by atoms with Crippen molar-refractivity contribution in [2.24, 2.45) is 5.92 Å². The van der Waals surface area contributed by atoms with Gasteiger partial charge in [-0.15, -0.1) is 0 Å². The Morgan fingerprint density at radius 3 is 2.90 bits per heavy atom. The van der Waals surface area contributed by atoms with Crippen LogP contribution in [0.5, 0.6) is 0 Å². The number of fused-ring (bicyclic) bond motifs is 2. The summed E-state index contributed by atoms with van der Waals surface area (Å²) in [6.07, 6.45) is 7.87. The number of Topliss-reactive ketones (excluding diaryl/α,β-unsaturated/α-hetero) is 1. The zero-order valence-electron chi connectivity index (χ0n) is 12.1. The Labute approximate surface area is 124 Å². The lowest BCUT2D eigenvalue weighted by atomic mass is 9.84. The van der Waals surface area contributed by atoms with Crippen LogP contribution in [0.1, 0.15) is 42.5 Å². The summed E-state index contributed by atoms with van der Waals surface area (Å²) < 4.78 is 0. The first kappa shape index (κ1) is 13.0. The average molecular weight is 280 g/mol. The van der Waals surface area contributed by atoms with E-state index in [4.69, 9.17) is 0 Å². The summed E-state index contributed by atoms with van der Waals surface area (Å²) in [5.41, 5.74) is 1.60.